The first-order valence-electron chi connectivity index (χ1n) is 5.57. The molecule has 0 radical (unpaired) electrons. The second-order valence-electron chi connectivity index (χ2n) is 4.34. The first kappa shape index (κ1) is 16.1. The molecule has 1 atom stereocenters. The maximum absolute atomic E-state index is 12.1. The van der Waals surface area contributed by atoms with Gasteiger partial charge in [-0.1, -0.05) is 0 Å². The molecule has 0 spiro atoms. The zero-order valence-electron chi connectivity index (χ0n) is 11.1. The van der Waals surface area contributed by atoms with Crippen molar-refractivity contribution in [2.45, 2.75) is 31.7 Å². The molecule has 0 aliphatic rings. The van der Waals surface area contributed by atoms with Gasteiger partial charge in [0.25, 0.3) is 5.69 Å². The molecule has 8 nitrogen and oxygen atoms in total. The number of sulfonamides is 1. The number of carboxylic acids is 1. The molecule has 0 heterocycles. The van der Waals surface area contributed by atoms with Gasteiger partial charge in [0, 0.05) is 11.6 Å². The summed E-state index contributed by atoms with van der Waals surface area (Å²) in [5.74, 6) is -1.31. The Morgan fingerprint density at radius 1 is 1.35 bits per heavy atom. The van der Waals surface area contributed by atoms with Crippen LogP contribution in [-0.2, 0) is 14.8 Å². The van der Waals surface area contributed by atoms with Crippen molar-refractivity contribution in [1.82, 2.24) is 4.72 Å². The summed E-state index contributed by atoms with van der Waals surface area (Å²) >= 11 is 0. The third-order valence-corrected chi connectivity index (χ3v) is 4.36. The van der Waals surface area contributed by atoms with E-state index in [2.05, 4.69) is 0 Å². The summed E-state index contributed by atoms with van der Waals surface area (Å²) in [6.07, 6.45) is 0. The number of aryl methyl sites for hydroxylation is 2. The molecule has 1 rings (SSSR count). The molecule has 0 saturated carbocycles. The van der Waals surface area contributed by atoms with Gasteiger partial charge in [0.1, 0.15) is 6.04 Å². The zero-order chi connectivity index (χ0) is 15.7. The second-order valence-corrected chi connectivity index (χ2v) is 6.02. The molecule has 2 N–H and O–H groups in total. The lowest BCUT2D eigenvalue weighted by atomic mass is 10.1. The molecule has 0 bridgehead atoms. The molecule has 0 amide bonds. The summed E-state index contributed by atoms with van der Waals surface area (Å²) in [6.45, 7) is 4.01. The number of nitrogens with zero attached hydrogens (tertiary/aromatic N) is 1. The van der Waals surface area contributed by atoms with Crippen LogP contribution < -0.4 is 4.72 Å². The summed E-state index contributed by atoms with van der Waals surface area (Å²) in [6, 6.07) is 1.01. The monoisotopic (exact) mass is 302 g/mol. The average Bonchev–Trinajstić information content (AvgIpc) is 2.30. The Morgan fingerprint density at radius 3 is 2.35 bits per heavy atom. The highest BCUT2D eigenvalue weighted by molar-refractivity contribution is 7.89. The van der Waals surface area contributed by atoms with Gasteiger partial charge in [0.2, 0.25) is 10.0 Å². The third kappa shape index (κ3) is 3.31. The topological polar surface area (TPSA) is 127 Å². The molecular weight excluding hydrogens is 288 g/mol. The lowest BCUT2D eigenvalue weighted by Crippen LogP contribution is -2.38. The van der Waals surface area contributed by atoms with Crippen molar-refractivity contribution in [2.24, 2.45) is 0 Å². The number of carboxylic acid groups (broad SMARTS) is 1. The van der Waals surface area contributed by atoms with E-state index in [1.165, 1.54) is 20.8 Å². The molecule has 20 heavy (non-hydrogen) atoms. The highest BCUT2D eigenvalue weighted by Crippen LogP contribution is 2.25. The Hall–Kier alpha value is -2.00. The van der Waals surface area contributed by atoms with Crippen LogP contribution >= 0.6 is 0 Å². The number of nitro benzene ring substituents is 1. The standard InChI is InChI=1S/C11H14N2O6S/c1-6-5-10(7(2)4-9(6)13(16)17)20(18,19)12-8(3)11(14)15/h4-5,8,12H,1-3H3,(H,14,15). The van der Waals surface area contributed by atoms with E-state index in [0.717, 1.165) is 12.1 Å². The number of benzene rings is 1. The lowest BCUT2D eigenvalue weighted by Gasteiger charge is -2.12. The van der Waals surface area contributed by atoms with Crippen LogP contribution in [0, 0.1) is 24.0 Å². The Labute approximate surface area is 115 Å². The van der Waals surface area contributed by atoms with Gasteiger partial charge in [-0.3, -0.25) is 14.9 Å². The zero-order valence-corrected chi connectivity index (χ0v) is 11.9. The van der Waals surface area contributed by atoms with Crippen LogP contribution in [0.25, 0.3) is 0 Å². The normalized spacial score (nSPS) is 12.9. The minimum Gasteiger partial charge on any atom is -0.480 e. The van der Waals surface area contributed by atoms with E-state index in [0.29, 0.717) is 0 Å². The van der Waals surface area contributed by atoms with Gasteiger partial charge in [-0.25, -0.2) is 8.42 Å². The molecule has 9 heteroatoms. The van der Waals surface area contributed by atoms with Crippen molar-refractivity contribution in [3.63, 3.8) is 0 Å². The van der Waals surface area contributed by atoms with E-state index in [1.807, 2.05) is 4.72 Å². The molecule has 110 valence electrons. The molecule has 1 aromatic rings. The van der Waals surface area contributed by atoms with E-state index in [4.69, 9.17) is 5.11 Å². The number of rotatable bonds is 5. The maximum atomic E-state index is 12.1. The minimum atomic E-state index is -4.05. The highest BCUT2D eigenvalue weighted by Gasteiger charge is 2.25. The molecule has 0 aliphatic heterocycles. The minimum absolute atomic E-state index is 0.172. The number of nitro groups is 1. The number of aliphatic carboxylic acids is 1. The van der Waals surface area contributed by atoms with E-state index in [1.54, 1.807) is 0 Å². The Kier molecular flexibility index (Phi) is 4.46. The molecule has 0 aromatic heterocycles. The predicted octanol–water partition coefficient (Wildman–Crippen LogP) is 0.963. The number of hydrogen-bond donors (Lipinski definition) is 2. The van der Waals surface area contributed by atoms with Crippen LogP contribution in [0.3, 0.4) is 0 Å². The van der Waals surface area contributed by atoms with E-state index in [-0.39, 0.29) is 21.7 Å². The van der Waals surface area contributed by atoms with Crippen LogP contribution in [0.15, 0.2) is 17.0 Å². The summed E-state index contributed by atoms with van der Waals surface area (Å²) in [7, 11) is -4.05. The summed E-state index contributed by atoms with van der Waals surface area (Å²) in [5, 5.41) is 19.5. The number of hydrogen-bond acceptors (Lipinski definition) is 5. The van der Waals surface area contributed by atoms with Crippen molar-refractivity contribution in [3.8, 4) is 0 Å². The van der Waals surface area contributed by atoms with E-state index in [9.17, 15) is 23.3 Å². The van der Waals surface area contributed by atoms with Gasteiger partial charge in [0.05, 0.1) is 9.82 Å². The van der Waals surface area contributed by atoms with Crippen molar-refractivity contribution in [1.29, 1.82) is 0 Å². The summed E-state index contributed by atoms with van der Waals surface area (Å²) in [4.78, 5) is 20.7. The first-order chi connectivity index (χ1) is 9.06. The van der Waals surface area contributed by atoms with Gasteiger partial charge < -0.3 is 5.11 Å². The third-order valence-electron chi connectivity index (χ3n) is 2.68. The van der Waals surface area contributed by atoms with Crippen molar-refractivity contribution in [3.05, 3.63) is 33.4 Å². The molecule has 0 fully saturated rings. The van der Waals surface area contributed by atoms with Crippen LogP contribution in [0.1, 0.15) is 18.1 Å². The van der Waals surface area contributed by atoms with Gasteiger partial charge in [-0.15, -0.1) is 0 Å². The highest BCUT2D eigenvalue weighted by atomic mass is 32.2. The fourth-order valence-corrected chi connectivity index (χ4v) is 3.12. The molecular formula is C11H14N2O6S. The Morgan fingerprint density at radius 2 is 1.90 bits per heavy atom. The number of carbonyl (C=O) groups is 1. The van der Waals surface area contributed by atoms with Gasteiger partial charge in [0.15, 0.2) is 0 Å². The molecule has 0 aliphatic carbocycles. The Balaban J connectivity index is 3.30. The SMILES string of the molecule is Cc1cc(S(=O)(=O)NC(C)C(=O)O)c(C)cc1[N+](=O)[O-]. The maximum Gasteiger partial charge on any atom is 0.321 e. The number of nitrogens with one attached hydrogen (secondary N) is 1. The average molecular weight is 302 g/mol. The predicted molar refractivity (Wildman–Crippen MR) is 70.0 cm³/mol. The second kappa shape index (κ2) is 5.55. The molecule has 0 saturated heterocycles. The van der Waals surface area contributed by atoms with Crippen LogP contribution in [-0.4, -0.2) is 30.5 Å². The van der Waals surface area contributed by atoms with Gasteiger partial charge in [-0.05, 0) is 32.4 Å². The van der Waals surface area contributed by atoms with Crippen molar-refractivity contribution in [2.75, 3.05) is 0 Å². The van der Waals surface area contributed by atoms with E-state index >= 15 is 0 Å². The smallest absolute Gasteiger partial charge is 0.321 e. The summed E-state index contributed by atoms with van der Waals surface area (Å²) < 4.78 is 26.1. The quantitative estimate of drug-likeness (QED) is 0.616. The fraction of sp³-hybridized carbons (Fsp3) is 0.364. The lowest BCUT2D eigenvalue weighted by molar-refractivity contribution is -0.385. The molecule has 1 aromatic carbocycles. The first-order valence-corrected chi connectivity index (χ1v) is 7.05. The van der Waals surface area contributed by atoms with E-state index < -0.39 is 27.0 Å². The van der Waals surface area contributed by atoms with Crippen LogP contribution in [0.4, 0.5) is 5.69 Å². The van der Waals surface area contributed by atoms with Crippen molar-refractivity contribution >= 4 is 21.7 Å². The van der Waals surface area contributed by atoms with Gasteiger partial charge in [-0.2, -0.15) is 4.72 Å². The molecule has 1 unspecified atom stereocenters. The van der Waals surface area contributed by atoms with Gasteiger partial charge >= 0.3 is 5.97 Å². The van der Waals surface area contributed by atoms with Crippen LogP contribution in [0.2, 0.25) is 0 Å². The van der Waals surface area contributed by atoms with Crippen LogP contribution in [0.5, 0.6) is 0 Å². The Bertz CT molecular complexity index is 668. The summed E-state index contributed by atoms with van der Waals surface area (Å²) in [5.41, 5.74) is 0.170. The van der Waals surface area contributed by atoms with Crippen molar-refractivity contribution < 1.29 is 23.2 Å². The fourth-order valence-electron chi connectivity index (χ4n) is 1.61. The largest absolute Gasteiger partial charge is 0.480 e.